The molecule has 1 N–H and O–H groups in total. The zero-order chi connectivity index (χ0) is 14.7. The van der Waals surface area contributed by atoms with Crippen molar-refractivity contribution in [3.63, 3.8) is 0 Å². The van der Waals surface area contributed by atoms with E-state index < -0.39 is 0 Å². The number of benzene rings is 2. The molecular formula is C17H14BrNOS. The average molecular weight is 360 g/mol. The number of carbonyl (C=O) groups is 1. The lowest BCUT2D eigenvalue weighted by molar-refractivity contribution is 0.0954. The third-order valence-corrected chi connectivity index (χ3v) is 4.57. The highest BCUT2D eigenvalue weighted by molar-refractivity contribution is 9.10. The van der Waals surface area contributed by atoms with Crippen LogP contribution in [-0.4, -0.2) is 12.5 Å². The molecule has 21 heavy (non-hydrogen) atoms. The van der Waals surface area contributed by atoms with Crippen LogP contribution < -0.4 is 5.32 Å². The van der Waals surface area contributed by atoms with Gasteiger partial charge in [0.15, 0.2) is 0 Å². The molecule has 3 rings (SSSR count). The highest BCUT2D eigenvalue weighted by Gasteiger charge is 2.06. The number of hydrogen-bond donors (Lipinski definition) is 1. The molecule has 106 valence electrons. The van der Waals surface area contributed by atoms with E-state index in [0.717, 1.165) is 21.7 Å². The van der Waals surface area contributed by atoms with Crippen LogP contribution in [0.4, 0.5) is 0 Å². The molecule has 0 bridgehead atoms. The smallest absolute Gasteiger partial charge is 0.251 e. The molecule has 0 aliphatic heterocycles. The molecule has 0 spiro atoms. The zero-order valence-electron chi connectivity index (χ0n) is 11.3. The highest BCUT2D eigenvalue weighted by atomic mass is 79.9. The molecule has 0 saturated carbocycles. The summed E-state index contributed by atoms with van der Waals surface area (Å²) in [5.74, 6) is -0.0185. The van der Waals surface area contributed by atoms with Crippen molar-refractivity contribution in [2.45, 2.75) is 6.42 Å². The maximum absolute atomic E-state index is 12.2. The normalized spacial score (nSPS) is 10.7. The zero-order valence-corrected chi connectivity index (χ0v) is 13.7. The Morgan fingerprint density at radius 2 is 1.90 bits per heavy atom. The van der Waals surface area contributed by atoms with Gasteiger partial charge in [0.1, 0.15) is 0 Å². The van der Waals surface area contributed by atoms with Crippen LogP contribution in [0.15, 0.2) is 57.7 Å². The monoisotopic (exact) mass is 359 g/mol. The van der Waals surface area contributed by atoms with Crippen molar-refractivity contribution in [2.75, 3.05) is 6.54 Å². The van der Waals surface area contributed by atoms with E-state index in [1.165, 1.54) is 5.56 Å². The molecule has 3 aromatic rings. The van der Waals surface area contributed by atoms with Crippen LogP contribution in [0.3, 0.4) is 0 Å². The molecule has 1 amide bonds. The third-order valence-electron chi connectivity index (χ3n) is 3.34. The Hall–Kier alpha value is -1.65. The van der Waals surface area contributed by atoms with Crippen molar-refractivity contribution >= 4 is 43.9 Å². The van der Waals surface area contributed by atoms with Gasteiger partial charge in [-0.3, -0.25) is 4.79 Å². The van der Waals surface area contributed by atoms with Gasteiger partial charge in [-0.05, 0) is 63.8 Å². The SMILES string of the molecule is O=C(NCCc1ccsc1)c1ccc2cc(Br)ccc2c1. The van der Waals surface area contributed by atoms with Crippen molar-refractivity contribution in [1.82, 2.24) is 5.32 Å². The van der Waals surface area contributed by atoms with Crippen LogP contribution in [0.5, 0.6) is 0 Å². The predicted octanol–water partition coefficient (Wildman–Crippen LogP) is 4.64. The van der Waals surface area contributed by atoms with E-state index in [2.05, 4.69) is 38.1 Å². The Morgan fingerprint density at radius 3 is 2.71 bits per heavy atom. The van der Waals surface area contributed by atoms with Gasteiger partial charge in [-0.15, -0.1) is 0 Å². The van der Waals surface area contributed by atoms with Crippen LogP contribution in [0.25, 0.3) is 10.8 Å². The Labute approximate surface area is 135 Å². The largest absolute Gasteiger partial charge is 0.352 e. The van der Waals surface area contributed by atoms with E-state index in [0.29, 0.717) is 12.1 Å². The molecule has 0 radical (unpaired) electrons. The number of thiophene rings is 1. The van der Waals surface area contributed by atoms with Crippen LogP contribution in [0.1, 0.15) is 15.9 Å². The fourth-order valence-corrected chi connectivity index (χ4v) is 3.30. The molecular weight excluding hydrogens is 346 g/mol. The molecule has 0 unspecified atom stereocenters. The van der Waals surface area contributed by atoms with Gasteiger partial charge >= 0.3 is 0 Å². The van der Waals surface area contributed by atoms with Crippen molar-refractivity contribution in [1.29, 1.82) is 0 Å². The van der Waals surface area contributed by atoms with Gasteiger partial charge in [0.2, 0.25) is 0 Å². The third kappa shape index (κ3) is 3.52. The summed E-state index contributed by atoms with van der Waals surface area (Å²) >= 11 is 5.14. The number of amides is 1. The molecule has 2 nitrogen and oxygen atoms in total. The first-order valence-electron chi connectivity index (χ1n) is 6.71. The summed E-state index contributed by atoms with van der Waals surface area (Å²) in [7, 11) is 0. The number of fused-ring (bicyclic) bond motifs is 1. The summed E-state index contributed by atoms with van der Waals surface area (Å²) < 4.78 is 1.04. The van der Waals surface area contributed by atoms with E-state index in [1.807, 2.05) is 36.4 Å². The molecule has 1 aromatic heterocycles. The van der Waals surface area contributed by atoms with Gasteiger partial charge in [0.05, 0.1) is 0 Å². The van der Waals surface area contributed by atoms with E-state index in [4.69, 9.17) is 0 Å². The standard InChI is InChI=1S/C17H14BrNOS/c18-16-4-3-13-9-15(2-1-14(13)10-16)17(20)19-7-5-12-6-8-21-11-12/h1-4,6,8-11H,5,7H2,(H,19,20). The lowest BCUT2D eigenvalue weighted by Crippen LogP contribution is -2.25. The maximum Gasteiger partial charge on any atom is 0.251 e. The molecule has 2 aromatic carbocycles. The first kappa shape index (κ1) is 14.3. The number of halogens is 1. The van der Waals surface area contributed by atoms with Gasteiger partial charge in [-0.2, -0.15) is 11.3 Å². The minimum Gasteiger partial charge on any atom is -0.352 e. The van der Waals surface area contributed by atoms with Gasteiger partial charge in [-0.25, -0.2) is 0 Å². The second-order valence-corrected chi connectivity index (χ2v) is 6.54. The predicted molar refractivity (Wildman–Crippen MR) is 92.0 cm³/mol. The molecule has 0 atom stereocenters. The fraction of sp³-hybridized carbons (Fsp3) is 0.118. The summed E-state index contributed by atoms with van der Waals surface area (Å²) in [6, 6.07) is 13.9. The van der Waals surface area contributed by atoms with Crippen molar-refractivity contribution in [3.8, 4) is 0 Å². The molecule has 0 aliphatic rings. The topological polar surface area (TPSA) is 29.1 Å². The van der Waals surface area contributed by atoms with Crippen LogP contribution in [-0.2, 0) is 6.42 Å². The molecule has 4 heteroatoms. The number of rotatable bonds is 4. The second-order valence-electron chi connectivity index (χ2n) is 4.84. The van der Waals surface area contributed by atoms with Gasteiger partial charge < -0.3 is 5.32 Å². The summed E-state index contributed by atoms with van der Waals surface area (Å²) in [4.78, 5) is 12.2. The van der Waals surface area contributed by atoms with Gasteiger partial charge in [0, 0.05) is 16.6 Å². The summed E-state index contributed by atoms with van der Waals surface area (Å²) in [6.45, 7) is 0.661. The van der Waals surface area contributed by atoms with Crippen molar-refractivity contribution < 1.29 is 4.79 Å². The van der Waals surface area contributed by atoms with Crippen LogP contribution in [0, 0.1) is 0 Å². The first-order chi connectivity index (χ1) is 10.2. The minimum atomic E-state index is -0.0185. The summed E-state index contributed by atoms with van der Waals surface area (Å²) in [6.07, 6.45) is 0.871. The lowest BCUT2D eigenvalue weighted by Gasteiger charge is -2.06. The lowest BCUT2D eigenvalue weighted by atomic mass is 10.1. The highest BCUT2D eigenvalue weighted by Crippen LogP contribution is 2.21. The molecule has 0 saturated heterocycles. The Morgan fingerprint density at radius 1 is 1.10 bits per heavy atom. The Bertz CT molecular complexity index is 768. The van der Waals surface area contributed by atoms with Gasteiger partial charge in [-0.1, -0.05) is 28.1 Å². The van der Waals surface area contributed by atoms with Crippen LogP contribution >= 0.6 is 27.3 Å². The Balaban J connectivity index is 1.68. The van der Waals surface area contributed by atoms with E-state index >= 15 is 0 Å². The number of carbonyl (C=O) groups excluding carboxylic acids is 1. The van der Waals surface area contributed by atoms with Gasteiger partial charge in [0.25, 0.3) is 5.91 Å². The maximum atomic E-state index is 12.2. The number of hydrogen-bond acceptors (Lipinski definition) is 2. The van der Waals surface area contributed by atoms with Crippen LogP contribution in [0.2, 0.25) is 0 Å². The van der Waals surface area contributed by atoms with E-state index in [9.17, 15) is 4.79 Å². The Kier molecular flexibility index (Phi) is 4.36. The van der Waals surface area contributed by atoms with Crippen molar-refractivity contribution in [2.24, 2.45) is 0 Å². The molecule has 1 heterocycles. The fourth-order valence-electron chi connectivity index (χ4n) is 2.22. The second kappa shape index (κ2) is 6.41. The summed E-state index contributed by atoms with van der Waals surface area (Å²) in [5, 5.41) is 9.33. The van der Waals surface area contributed by atoms with Crippen molar-refractivity contribution in [3.05, 3.63) is 68.8 Å². The molecule has 0 fully saturated rings. The van der Waals surface area contributed by atoms with E-state index in [-0.39, 0.29) is 5.91 Å². The summed E-state index contributed by atoms with van der Waals surface area (Å²) in [5.41, 5.74) is 1.97. The quantitative estimate of drug-likeness (QED) is 0.722. The number of nitrogens with one attached hydrogen (secondary N) is 1. The van der Waals surface area contributed by atoms with E-state index in [1.54, 1.807) is 11.3 Å². The first-order valence-corrected chi connectivity index (χ1v) is 8.44. The average Bonchev–Trinajstić information content (AvgIpc) is 3.00. The molecule has 0 aliphatic carbocycles. The minimum absolute atomic E-state index is 0.0185.